The lowest BCUT2D eigenvalue weighted by molar-refractivity contribution is -0.0354. The van der Waals surface area contributed by atoms with E-state index in [0.717, 1.165) is 0 Å². The van der Waals surface area contributed by atoms with Gasteiger partial charge < -0.3 is 23.6 Å². The summed E-state index contributed by atoms with van der Waals surface area (Å²) >= 11 is 0. The molecule has 0 aliphatic heterocycles. The van der Waals surface area contributed by atoms with Crippen molar-refractivity contribution in [1.82, 2.24) is 0 Å². The molecule has 0 atom stereocenters. The molecule has 114 valence electrons. The van der Waals surface area contributed by atoms with Crippen molar-refractivity contribution < 1.29 is 28.2 Å². The van der Waals surface area contributed by atoms with Crippen molar-refractivity contribution in [3.63, 3.8) is 0 Å². The van der Waals surface area contributed by atoms with Gasteiger partial charge in [-0.1, -0.05) is 12.2 Å². The van der Waals surface area contributed by atoms with Crippen molar-refractivity contribution in [3.05, 3.63) is 12.2 Å². The van der Waals surface area contributed by atoms with E-state index in [1.165, 1.54) is 0 Å². The van der Waals surface area contributed by atoms with Crippen molar-refractivity contribution in [1.29, 1.82) is 0 Å². The molecule has 0 spiro atoms. The molecule has 0 aromatic heterocycles. The summed E-state index contributed by atoms with van der Waals surface area (Å²) < 4.78 is 33.1. The second-order valence-electron chi connectivity index (χ2n) is 4.40. The van der Waals surface area contributed by atoms with E-state index in [4.69, 9.17) is 23.6 Å². The lowest BCUT2D eigenvalue weighted by Gasteiger charge is -2.22. The average Bonchev–Trinajstić information content (AvgIpc) is 2.25. The number of hydrogen-bond acceptors (Lipinski definition) is 6. The number of aliphatic hydroxyl groups is 1. The molecule has 0 fully saturated rings. The van der Waals surface area contributed by atoms with E-state index in [1.54, 1.807) is 39.8 Å². The van der Waals surface area contributed by atoms with Crippen LogP contribution in [0.5, 0.6) is 0 Å². The molecule has 0 aromatic carbocycles. The predicted molar refractivity (Wildman–Crippen MR) is 73.0 cm³/mol. The first-order valence-corrected chi connectivity index (χ1v) is 7.99. The Kier molecular flexibility index (Phi) is 10.4. The molecule has 0 unspecified atom stereocenters. The van der Waals surface area contributed by atoms with Crippen LogP contribution in [0.25, 0.3) is 0 Å². The van der Waals surface area contributed by atoms with E-state index in [9.17, 15) is 4.57 Å². The van der Waals surface area contributed by atoms with Crippen molar-refractivity contribution in [2.75, 3.05) is 26.4 Å². The van der Waals surface area contributed by atoms with Crippen LogP contribution in [0.2, 0.25) is 0 Å². The molecule has 0 heterocycles. The molecular weight excluding hydrogens is 271 g/mol. The molecule has 0 radical (unpaired) electrons. The lowest BCUT2D eigenvalue weighted by atomic mass is 10.5. The maximum absolute atomic E-state index is 12.3. The SMILES string of the molecule is CC(C)OP(=O)(COCOC/C=C\CO)OC(C)C. The first kappa shape index (κ1) is 18.8. The molecule has 0 aliphatic rings. The molecule has 0 aliphatic carbocycles. The van der Waals surface area contributed by atoms with Crippen LogP contribution in [-0.2, 0) is 23.1 Å². The quantitative estimate of drug-likeness (QED) is 0.273. The van der Waals surface area contributed by atoms with Gasteiger partial charge >= 0.3 is 7.60 Å². The Bertz CT molecular complexity index is 276. The highest BCUT2D eigenvalue weighted by molar-refractivity contribution is 7.53. The maximum atomic E-state index is 12.3. The fourth-order valence-electron chi connectivity index (χ4n) is 1.19. The topological polar surface area (TPSA) is 74.2 Å². The minimum Gasteiger partial charge on any atom is -0.392 e. The third-order valence-corrected chi connectivity index (χ3v) is 3.63. The van der Waals surface area contributed by atoms with Crippen LogP contribution in [0, 0.1) is 0 Å². The zero-order valence-electron chi connectivity index (χ0n) is 12.1. The van der Waals surface area contributed by atoms with Gasteiger partial charge in [0, 0.05) is 0 Å². The Morgan fingerprint density at radius 3 is 2.11 bits per heavy atom. The Labute approximate surface area is 115 Å². The minimum absolute atomic E-state index is 0.0112. The molecule has 0 aromatic rings. The number of hydrogen-bond donors (Lipinski definition) is 1. The smallest absolute Gasteiger partial charge is 0.356 e. The summed E-state index contributed by atoms with van der Waals surface area (Å²) in [5.41, 5.74) is 0. The van der Waals surface area contributed by atoms with Gasteiger partial charge in [-0.05, 0) is 27.7 Å². The van der Waals surface area contributed by atoms with E-state index in [1.807, 2.05) is 0 Å². The van der Waals surface area contributed by atoms with Gasteiger partial charge in [0.2, 0.25) is 0 Å². The summed E-state index contributed by atoms with van der Waals surface area (Å²) in [4.78, 5) is 0. The van der Waals surface area contributed by atoms with Gasteiger partial charge in [-0.2, -0.15) is 0 Å². The van der Waals surface area contributed by atoms with Crippen LogP contribution < -0.4 is 0 Å². The van der Waals surface area contributed by atoms with Gasteiger partial charge in [0.25, 0.3) is 0 Å². The van der Waals surface area contributed by atoms with Gasteiger partial charge in [0.15, 0.2) is 6.35 Å². The van der Waals surface area contributed by atoms with Crippen LogP contribution in [-0.4, -0.2) is 43.7 Å². The molecule has 6 nitrogen and oxygen atoms in total. The maximum Gasteiger partial charge on any atom is 0.356 e. The van der Waals surface area contributed by atoms with Crippen molar-refractivity contribution >= 4 is 7.60 Å². The van der Waals surface area contributed by atoms with Crippen LogP contribution in [0.1, 0.15) is 27.7 Å². The van der Waals surface area contributed by atoms with E-state index in [-0.39, 0.29) is 32.0 Å². The van der Waals surface area contributed by atoms with Crippen molar-refractivity contribution in [2.45, 2.75) is 39.9 Å². The fourth-order valence-corrected chi connectivity index (χ4v) is 2.95. The average molecular weight is 296 g/mol. The van der Waals surface area contributed by atoms with E-state index >= 15 is 0 Å². The normalized spacial score (nSPS) is 13.0. The van der Waals surface area contributed by atoms with Gasteiger partial charge in [-0.15, -0.1) is 0 Å². The summed E-state index contributed by atoms with van der Waals surface area (Å²) in [6, 6.07) is 0. The zero-order chi connectivity index (χ0) is 14.7. The van der Waals surface area contributed by atoms with Crippen molar-refractivity contribution in [2.24, 2.45) is 0 Å². The first-order chi connectivity index (χ1) is 8.89. The van der Waals surface area contributed by atoms with Crippen molar-refractivity contribution in [3.8, 4) is 0 Å². The highest BCUT2D eigenvalue weighted by Gasteiger charge is 2.28. The molecular formula is C12H25O6P. The standard InChI is InChI=1S/C12H25O6P/c1-11(2)17-19(14,18-12(3)4)10-16-9-15-8-6-5-7-13/h5-6,11-13H,7-10H2,1-4H3/b6-5-. The summed E-state index contributed by atoms with van der Waals surface area (Å²) in [6.07, 6.45) is 2.67. The van der Waals surface area contributed by atoms with E-state index in [0.29, 0.717) is 6.61 Å². The molecule has 0 amide bonds. The van der Waals surface area contributed by atoms with Crippen LogP contribution in [0.3, 0.4) is 0 Å². The Morgan fingerprint density at radius 2 is 1.63 bits per heavy atom. The van der Waals surface area contributed by atoms with Gasteiger partial charge in [-0.25, -0.2) is 0 Å². The highest BCUT2D eigenvalue weighted by atomic mass is 31.2. The van der Waals surface area contributed by atoms with Crippen LogP contribution in [0.4, 0.5) is 0 Å². The highest BCUT2D eigenvalue weighted by Crippen LogP contribution is 2.50. The van der Waals surface area contributed by atoms with Gasteiger partial charge in [-0.3, -0.25) is 4.57 Å². The number of rotatable bonds is 11. The van der Waals surface area contributed by atoms with Gasteiger partial charge in [0.1, 0.15) is 6.79 Å². The largest absolute Gasteiger partial charge is 0.392 e. The molecule has 1 N–H and O–H groups in total. The second-order valence-corrected chi connectivity index (χ2v) is 6.30. The Morgan fingerprint density at radius 1 is 1.05 bits per heavy atom. The summed E-state index contributed by atoms with van der Waals surface area (Å²) in [5.74, 6) is 0. The second kappa shape index (κ2) is 10.5. The van der Waals surface area contributed by atoms with Crippen LogP contribution >= 0.6 is 7.60 Å². The van der Waals surface area contributed by atoms with E-state index < -0.39 is 7.60 Å². The van der Waals surface area contributed by atoms with E-state index in [2.05, 4.69) is 0 Å². The molecule has 0 bridgehead atoms. The zero-order valence-corrected chi connectivity index (χ0v) is 13.0. The monoisotopic (exact) mass is 296 g/mol. The minimum atomic E-state index is -3.25. The lowest BCUT2D eigenvalue weighted by Crippen LogP contribution is -2.12. The number of aliphatic hydroxyl groups excluding tert-OH is 1. The Hall–Kier alpha value is -0.230. The first-order valence-electron chi connectivity index (χ1n) is 6.27. The molecule has 7 heteroatoms. The fraction of sp³-hybridized carbons (Fsp3) is 0.833. The Balaban J connectivity index is 3.99. The number of ether oxygens (including phenoxy) is 2. The third-order valence-electron chi connectivity index (χ3n) is 1.65. The van der Waals surface area contributed by atoms with Crippen LogP contribution in [0.15, 0.2) is 12.2 Å². The molecule has 0 rings (SSSR count). The molecule has 19 heavy (non-hydrogen) atoms. The summed E-state index contributed by atoms with van der Waals surface area (Å²) in [7, 11) is -3.25. The summed E-state index contributed by atoms with van der Waals surface area (Å²) in [6.45, 7) is 7.42. The molecule has 0 saturated carbocycles. The predicted octanol–water partition coefficient (Wildman–Crippen LogP) is 2.53. The third kappa shape index (κ3) is 11.3. The summed E-state index contributed by atoms with van der Waals surface area (Å²) in [5, 5.41) is 8.50. The molecule has 0 saturated heterocycles. The van der Waals surface area contributed by atoms with Gasteiger partial charge in [0.05, 0.1) is 25.4 Å².